The summed E-state index contributed by atoms with van der Waals surface area (Å²) < 4.78 is 28.5. The van der Waals surface area contributed by atoms with Crippen LogP contribution in [0.15, 0.2) is 6.07 Å². The van der Waals surface area contributed by atoms with Crippen LogP contribution in [0.2, 0.25) is 0 Å². The summed E-state index contributed by atoms with van der Waals surface area (Å²) in [6, 6.07) is 1.29. The first kappa shape index (κ1) is 15.3. The number of carbonyl (C=O) groups is 1. The standard InChI is InChI=1S/C18H18F2N2O2/c1-9-11-4-6-22(18(23)24)7-5-14(11)21-17-12(10-2-3-10)8-13(19)16(20)15(9)17/h8,10H,2-7H2,1H3,(H,23,24). The number of aromatic nitrogens is 1. The molecule has 0 atom stereocenters. The van der Waals surface area contributed by atoms with Gasteiger partial charge in [0.1, 0.15) is 0 Å². The molecular formula is C18H18F2N2O2. The smallest absolute Gasteiger partial charge is 0.407 e. The van der Waals surface area contributed by atoms with Crippen molar-refractivity contribution in [3.8, 4) is 0 Å². The van der Waals surface area contributed by atoms with Crippen molar-refractivity contribution in [1.82, 2.24) is 9.88 Å². The van der Waals surface area contributed by atoms with Gasteiger partial charge in [-0.15, -0.1) is 0 Å². The molecule has 6 heteroatoms. The van der Waals surface area contributed by atoms with E-state index < -0.39 is 17.7 Å². The van der Waals surface area contributed by atoms with Crippen molar-refractivity contribution in [1.29, 1.82) is 0 Å². The van der Waals surface area contributed by atoms with Gasteiger partial charge >= 0.3 is 6.09 Å². The molecule has 1 aromatic heterocycles. The topological polar surface area (TPSA) is 53.4 Å². The lowest BCUT2D eigenvalue weighted by atomic mass is 9.95. The van der Waals surface area contributed by atoms with Gasteiger partial charge in [0.05, 0.1) is 5.52 Å². The molecule has 1 amide bonds. The largest absolute Gasteiger partial charge is 0.465 e. The van der Waals surface area contributed by atoms with Gasteiger partial charge < -0.3 is 10.0 Å². The van der Waals surface area contributed by atoms with Crippen LogP contribution in [0.3, 0.4) is 0 Å². The Kier molecular flexibility index (Phi) is 3.44. The molecule has 0 saturated heterocycles. The second-order valence-corrected chi connectivity index (χ2v) is 6.69. The Bertz CT molecular complexity index is 862. The fourth-order valence-corrected chi connectivity index (χ4v) is 3.70. The third-order valence-corrected chi connectivity index (χ3v) is 5.18. The Hall–Kier alpha value is -2.24. The molecule has 1 aliphatic carbocycles. The first-order chi connectivity index (χ1) is 11.5. The summed E-state index contributed by atoms with van der Waals surface area (Å²) in [6.45, 7) is 2.52. The Morgan fingerprint density at radius 3 is 2.67 bits per heavy atom. The minimum atomic E-state index is -0.957. The molecule has 1 N–H and O–H groups in total. The maximum atomic E-state index is 14.5. The van der Waals surface area contributed by atoms with E-state index in [4.69, 9.17) is 0 Å². The molecule has 1 aliphatic heterocycles. The molecule has 0 radical (unpaired) electrons. The molecule has 2 aromatic rings. The molecule has 0 unspecified atom stereocenters. The Labute approximate surface area is 138 Å². The molecule has 24 heavy (non-hydrogen) atoms. The van der Waals surface area contributed by atoms with Crippen molar-refractivity contribution < 1.29 is 18.7 Å². The van der Waals surface area contributed by atoms with E-state index in [1.807, 2.05) is 0 Å². The monoisotopic (exact) mass is 332 g/mol. The van der Waals surface area contributed by atoms with E-state index in [9.17, 15) is 18.7 Å². The van der Waals surface area contributed by atoms with E-state index in [-0.39, 0.29) is 11.3 Å². The molecule has 2 heterocycles. The zero-order chi connectivity index (χ0) is 17.0. The van der Waals surface area contributed by atoms with Gasteiger partial charge in [0, 0.05) is 30.6 Å². The maximum Gasteiger partial charge on any atom is 0.407 e. The summed E-state index contributed by atoms with van der Waals surface area (Å²) in [5, 5.41) is 9.47. The summed E-state index contributed by atoms with van der Waals surface area (Å²) in [5.74, 6) is -1.41. The van der Waals surface area contributed by atoms with Crippen molar-refractivity contribution in [2.45, 2.75) is 38.5 Å². The van der Waals surface area contributed by atoms with Gasteiger partial charge in [-0.1, -0.05) is 0 Å². The first-order valence-electron chi connectivity index (χ1n) is 8.25. The van der Waals surface area contributed by atoms with Gasteiger partial charge in [-0.05, 0) is 54.9 Å². The SMILES string of the molecule is Cc1c2c(nc3c(C4CC4)cc(F)c(F)c13)CCN(C(=O)O)CC2. The minimum Gasteiger partial charge on any atom is -0.465 e. The molecule has 1 saturated carbocycles. The molecule has 2 aliphatic rings. The first-order valence-corrected chi connectivity index (χ1v) is 8.25. The van der Waals surface area contributed by atoms with Crippen molar-refractivity contribution in [3.05, 3.63) is 40.1 Å². The normalized spacial score (nSPS) is 17.7. The van der Waals surface area contributed by atoms with Crippen LogP contribution < -0.4 is 0 Å². The summed E-state index contributed by atoms with van der Waals surface area (Å²) in [4.78, 5) is 17.2. The van der Waals surface area contributed by atoms with Crippen LogP contribution in [0.5, 0.6) is 0 Å². The third kappa shape index (κ3) is 2.32. The molecule has 4 rings (SSSR count). The average Bonchev–Trinajstić information content (AvgIpc) is 3.37. The zero-order valence-corrected chi connectivity index (χ0v) is 13.4. The molecule has 126 valence electrons. The van der Waals surface area contributed by atoms with Gasteiger partial charge in [-0.25, -0.2) is 13.6 Å². The second kappa shape index (κ2) is 5.40. The molecule has 0 spiro atoms. The molecule has 4 nitrogen and oxygen atoms in total. The summed E-state index contributed by atoms with van der Waals surface area (Å²) in [5.41, 5.74) is 3.71. The van der Waals surface area contributed by atoms with Crippen LogP contribution in [0.1, 0.15) is 41.1 Å². The van der Waals surface area contributed by atoms with E-state index >= 15 is 0 Å². The van der Waals surface area contributed by atoms with Crippen LogP contribution in [0.25, 0.3) is 10.9 Å². The number of aryl methyl sites for hydroxylation is 1. The zero-order valence-electron chi connectivity index (χ0n) is 13.4. The lowest BCUT2D eigenvalue weighted by Crippen LogP contribution is -2.31. The second-order valence-electron chi connectivity index (χ2n) is 6.69. The van der Waals surface area contributed by atoms with Gasteiger partial charge in [-0.2, -0.15) is 0 Å². The molecule has 0 bridgehead atoms. The van der Waals surface area contributed by atoms with Crippen molar-refractivity contribution in [2.75, 3.05) is 13.1 Å². The number of halogens is 2. The fourth-order valence-electron chi connectivity index (χ4n) is 3.70. The lowest BCUT2D eigenvalue weighted by Gasteiger charge is -2.15. The Morgan fingerprint density at radius 1 is 1.29 bits per heavy atom. The van der Waals surface area contributed by atoms with E-state index in [2.05, 4.69) is 4.98 Å². The molecular weight excluding hydrogens is 314 g/mol. The Morgan fingerprint density at radius 2 is 2.00 bits per heavy atom. The highest BCUT2D eigenvalue weighted by Crippen LogP contribution is 2.44. The number of benzene rings is 1. The highest BCUT2D eigenvalue weighted by Gasteiger charge is 2.30. The molecule has 1 fully saturated rings. The highest BCUT2D eigenvalue weighted by atomic mass is 19.2. The van der Waals surface area contributed by atoms with Crippen LogP contribution in [0.4, 0.5) is 13.6 Å². The number of nitrogens with zero attached hydrogens (tertiary/aromatic N) is 2. The maximum absolute atomic E-state index is 14.5. The van der Waals surface area contributed by atoms with Gasteiger partial charge in [0.2, 0.25) is 0 Å². The highest BCUT2D eigenvalue weighted by molar-refractivity contribution is 5.88. The average molecular weight is 332 g/mol. The Balaban J connectivity index is 1.93. The van der Waals surface area contributed by atoms with Gasteiger partial charge in [0.15, 0.2) is 11.6 Å². The number of pyridine rings is 1. The number of hydrogen-bond donors (Lipinski definition) is 1. The lowest BCUT2D eigenvalue weighted by molar-refractivity contribution is 0.147. The predicted molar refractivity (Wildman–Crippen MR) is 85.4 cm³/mol. The number of amides is 1. The van der Waals surface area contributed by atoms with Gasteiger partial charge in [0.25, 0.3) is 0 Å². The number of fused-ring (bicyclic) bond motifs is 2. The predicted octanol–water partition coefficient (Wildman–Crippen LogP) is 3.78. The number of rotatable bonds is 1. The summed E-state index contributed by atoms with van der Waals surface area (Å²) in [7, 11) is 0. The molecule has 1 aromatic carbocycles. The third-order valence-electron chi connectivity index (χ3n) is 5.18. The van der Waals surface area contributed by atoms with Crippen LogP contribution >= 0.6 is 0 Å². The summed E-state index contributed by atoms with van der Waals surface area (Å²) in [6.07, 6.45) is 1.98. The van der Waals surface area contributed by atoms with Crippen molar-refractivity contribution in [2.24, 2.45) is 0 Å². The van der Waals surface area contributed by atoms with Crippen molar-refractivity contribution >= 4 is 17.0 Å². The number of hydrogen-bond acceptors (Lipinski definition) is 2. The van der Waals surface area contributed by atoms with E-state index in [0.29, 0.717) is 37.0 Å². The quantitative estimate of drug-likeness (QED) is 0.865. The fraction of sp³-hybridized carbons (Fsp3) is 0.444. The van der Waals surface area contributed by atoms with Crippen LogP contribution in [-0.2, 0) is 12.8 Å². The van der Waals surface area contributed by atoms with Crippen molar-refractivity contribution in [3.63, 3.8) is 0 Å². The van der Waals surface area contributed by atoms with Gasteiger partial charge in [-0.3, -0.25) is 4.98 Å². The minimum absolute atomic E-state index is 0.258. The van der Waals surface area contributed by atoms with E-state index in [1.54, 1.807) is 6.92 Å². The van der Waals surface area contributed by atoms with Crippen LogP contribution in [-0.4, -0.2) is 34.2 Å². The van der Waals surface area contributed by atoms with E-state index in [0.717, 1.165) is 29.7 Å². The van der Waals surface area contributed by atoms with Crippen LogP contribution in [0, 0.1) is 18.6 Å². The summed E-state index contributed by atoms with van der Waals surface area (Å²) >= 11 is 0. The van der Waals surface area contributed by atoms with E-state index in [1.165, 1.54) is 11.0 Å². The number of carboxylic acid groups (broad SMARTS) is 1.